The first-order valence-electron chi connectivity index (χ1n) is 5.19. The Balaban J connectivity index is 2.33. The summed E-state index contributed by atoms with van der Waals surface area (Å²) >= 11 is 1.36. The molecule has 0 aliphatic heterocycles. The minimum Gasteiger partial charge on any atom is -0.296 e. The Morgan fingerprint density at radius 3 is 2.79 bits per heavy atom. The van der Waals surface area contributed by atoms with Crippen molar-refractivity contribution in [3.05, 3.63) is 45.8 Å². The van der Waals surface area contributed by atoms with Gasteiger partial charge >= 0.3 is 6.18 Å². The van der Waals surface area contributed by atoms with Crippen molar-refractivity contribution in [2.75, 3.05) is 0 Å². The lowest BCUT2D eigenvalue weighted by molar-refractivity contribution is -0.141. The first-order chi connectivity index (χ1) is 8.97. The number of hydrogen-bond acceptors (Lipinski definition) is 3. The molecule has 0 aliphatic carbocycles. The SMILES string of the molecule is O=c1cc(C(F)(F)F)nc2c(-c3cccs3)c[nH]n12. The Labute approximate surface area is 108 Å². The van der Waals surface area contributed by atoms with E-state index in [1.54, 1.807) is 17.5 Å². The number of halogens is 3. The van der Waals surface area contributed by atoms with Crippen LogP contribution in [0, 0.1) is 0 Å². The topological polar surface area (TPSA) is 50.2 Å². The van der Waals surface area contributed by atoms with Crippen molar-refractivity contribution in [1.82, 2.24) is 14.6 Å². The van der Waals surface area contributed by atoms with Crippen molar-refractivity contribution in [3.8, 4) is 10.4 Å². The van der Waals surface area contributed by atoms with Crippen molar-refractivity contribution in [1.29, 1.82) is 0 Å². The Bertz CT molecular complexity index is 786. The van der Waals surface area contributed by atoms with Crippen molar-refractivity contribution in [2.45, 2.75) is 6.18 Å². The summed E-state index contributed by atoms with van der Waals surface area (Å²) in [4.78, 5) is 15.9. The van der Waals surface area contributed by atoms with Gasteiger partial charge in [0.1, 0.15) is 0 Å². The lowest BCUT2D eigenvalue weighted by Crippen LogP contribution is -2.19. The van der Waals surface area contributed by atoms with Crippen molar-refractivity contribution >= 4 is 17.0 Å². The zero-order valence-electron chi connectivity index (χ0n) is 9.23. The van der Waals surface area contributed by atoms with E-state index in [9.17, 15) is 18.0 Å². The molecule has 1 N–H and O–H groups in total. The summed E-state index contributed by atoms with van der Waals surface area (Å²) in [6, 6.07) is 4.00. The van der Waals surface area contributed by atoms with Crippen LogP contribution in [0.15, 0.2) is 34.6 Å². The van der Waals surface area contributed by atoms with E-state index in [0.717, 1.165) is 9.39 Å². The third kappa shape index (κ3) is 1.93. The van der Waals surface area contributed by atoms with Gasteiger partial charge in [0.25, 0.3) is 5.56 Å². The number of rotatable bonds is 1. The van der Waals surface area contributed by atoms with Gasteiger partial charge in [-0.1, -0.05) is 6.07 Å². The molecule has 8 heteroatoms. The highest BCUT2D eigenvalue weighted by Gasteiger charge is 2.34. The smallest absolute Gasteiger partial charge is 0.296 e. The average molecular weight is 285 g/mol. The second-order valence-electron chi connectivity index (χ2n) is 3.80. The molecule has 0 atom stereocenters. The predicted molar refractivity (Wildman–Crippen MR) is 64.1 cm³/mol. The van der Waals surface area contributed by atoms with Gasteiger partial charge in [-0.2, -0.15) is 13.2 Å². The van der Waals surface area contributed by atoms with Crippen LogP contribution < -0.4 is 5.56 Å². The van der Waals surface area contributed by atoms with Crippen molar-refractivity contribution in [2.24, 2.45) is 0 Å². The number of nitrogens with one attached hydrogen (secondary N) is 1. The van der Waals surface area contributed by atoms with E-state index in [2.05, 4.69) is 10.1 Å². The van der Waals surface area contributed by atoms with Gasteiger partial charge in [0.2, 0.25) is 0 Å². The third-order valence-electron chi connectivity index (χ3n) is 2.57. The summed E-state index contributed by atoms with van der Waals surface area (Å²) in [6.45, 7) is 0. The predicted octanol–water partition coefficient (Wildman–Crippen LogP) is 2.77. The lowest BCUT2D eigenvalue weighted by Gasteiger charge is -2.05. The Morgan fingerprint density at radius 2 is 2.16 bits per heavy atom. The Hall–Kier alpha value is -2.09. The number of hydrogen-bond donors (Lipinski definition) is 1. The van der Waals surface area contributed by atoms with Gasteiger partial charge in [0.15, 0.2) is 11.3 Å². The molecule has 3 heterocycles. The highest BCUT2D eigenvalue weighted by atomic mass is 32.1. The zero-order chi connectivity index (χ0) is 13.6. The summed E-state index contributed by atoms with van der Waals surface area (Å²) in [7, 11) is 0. The minimum absolute atomic E-state index is 0.0257. The van der Waals surface area contributed by atoms with Gasteiger partial charge in [-0.05, 0) is 11.4 Å². The fourth-order valence-corrected chi connectivity index (χ4v) is 2.48. The normalized spacial score (nSPS) is 12.2. The van der Waals surface area contributed by atoms with E-state index in [1.807, 2.05) is 0 Å². The third-order valence-corrected chi connectivity index (χ3v) is 3.48. The summed E-state index contributed by atoms with van der Waals surface area (Å²) in [6.07, 6.45) is -3.17. The molecule has 0 unspecified atom stereocenters. The molecular formula is C11H6F3N3OS. The molecule has 3 rings (SSSR count). The second-order valence-corrected chi connectivity index (χ2v) is 4.75. The van der Waals surface area contributed by atoms with Gasteiger partial charge in [0.05, 0.1) is 5.56 Å². The number of fused-ring (bicyclic) bond motifs is 1. The molecule has 3 aromatic rings. The molecule has 4 nitrogen and oxygen atoms in total. The molecule has 98 valence electrons. The van der Waals surface area contributed by atoms with E-state index in [4.69, 9.17) is 0 Å². The van der Waals surface area contributed by atoms with Crippen LogP contribution >= 0.6 is 11.3 Å². The van der Waals surface area contributed by atoms with Gasteiger partial charge in [-0.25, -0.2) is 9.50 Å². The molecule has 0 fully saturated rings. The van der Waals surface area contributed by atoms with Crippen LogP contribution in [0.25, 0.3) is 16.1 Å². The molecule has 0 saturated carbocycles. The van der Waals surface area contributed by atoms with Crippen LogP contribution in [0.2, 0.25) is 0 Å². The van der Waals surface area contributed by atoms with Gasteiger partial charge in [-0.15, -0.1) is 11.3 Å². The van der Waals surface area contributed by atoms with Crippen LogP contribution in [-0.2, 0) is 6.18 Å². The van der Waals surface area contributed by atoms with E-state index < -0.39 is 17.4 Å². The standard InChI is InChI=1S/C11H6F3N3OS/c12-11(13,14)8-4-9(18)17-10(16-8)6(5-15-17)7-2-1-3-19-7/h1-5,15H. The maximum Gasteiger partial charge on any atom is 0.433 e. The van der Waals surface area contributed by atoms with E-state index in [0.29, 0.717) is 11.6 Å². The van der Waals surface area contributed by atoms with Gasteiger partial charge in [-0.3, -0.25) is 9.89 Å². The van der Waals surface area contributed by atoms with Crippen LogP contribution in [0.4, 0.5) is 13.2 Å². The first kappa shape index (κ1) is 12.0. The molecule has 0 radical (unpaired) electrons. The molecule has 0 aromatic carbocycles. The average Bonchev–Trinajstić information content (AvgIpc) is 2.94. The summed E-state index contributed by atoms with van der Waals surface area (Å²) < 4.78 is 39.0. The van der Waals surface area contributed by atoms with Crippen LogP contribution in [0.3, 0.4) is 0 Å². The number of alkyl halides is 3. The minimum atomic E-state index is -4.64. The first-order valence-corrected chi connectivity index (χ1v) is 6.07. The molecule has 19 heavy (non-hydrogen) atoms. The monoisotopic (exact) mass is 285 g/mol. The van der Waals surface area contributed by atoms with E-state index in [-0.39, 0.29) is 5.65 Å². The zero-order valence-corrected chi connectivity index (χ0v) is 10.0. The van der Waals surface area contributed by atoms with Crippen molar-refractivity contribution < 1.29 is 13.2 Å². The number of nitrogens with zero attached hydrogens (tertiary/aromatic N) is 2. The summed E-state index contributed by atoms with van der Waals surface area (Å²) in [5.74, 6) is 0. The van der Waals surface area contributed by atoms with Crippen LogP contribution in [0.5, 0.6) is 0 Å². The molecule has 0 saturated heterocycles. The number of aromatic nitrogens is 3. The highest BCUT2D eigenvalue weighted by molar-refractivity contribution is 7.13. The maximum absolute atomic E-state index is 12.7. The molecule has 0 amide bonds. The largest absolute Gasteiger partial charge is 0.433 e. The lowest BCUT2D eigenvalue weighted by atomic mass is 10.3. The molecule has 0 aliphatic rings. The summed E-state index contributed by atoms with van der Waals surface area (Å²) in [5.41, 5.74) is -1.53. The number of aromatic amines is 1. The fourth-order valence-electron chi connectivity index (χ4n) is 1.74. The molecular weight excluding hydrogens is 279 g/mol. The Morgan fingerprint density at radius 1 is 1.37 bits per heavy atom. The second kappa shape index (κ2) is 3.95. The van der Waals surface area contributed by atoms with E-state index in [1.165, 1.54) is 17.5 Å². The summed E-state index contributed by atoms with van der Waals surface area (Å²) in [5, 5.41) is 4.40. The quantitative estimate of drug-likeness (QED) is 0.747. The van der Waals surface area contributed by atoms with Gasteiger partial charge < -0.3 is 0 Å². The van der Waals surface area contributed by atoms with Crippen molar-refractivity contribution in [3.63, 3.8) is 0 Å². The Kier molecular flexibility index (Phi) is 2.49. The van der Waals surface area contributed by atoms with E-state index >= 15 is 0 Å². The number of H-pyrrole nitrogens is 1. The molecule has 0 spiro atoms. The maximum atomic E-state index is 12.7. The van der Waals surface area contributed by atoms with Crippen LogP contribution in [-0.4, -0.2) is 14.6 Å². The molecule has 3 aromatic heterocycles. The highest BCUT2D eigenvalue weighted by Crippen LogP contribution is 2.30. The van der Waals surface area contributed by atoms with Crippen LogP contribution in [0.1, 0.15) is 5.69 Å². The fraction of sp³-hybridized carbons (Fsp3) is 0.0909. The molecule has 0 bridgehead atoms. The van der Waals surface area contributed by atoms with Gasteiger partial charge in [0, 0.05) is 17.1 Å². The number of thiophene rings is 1.